The Morgan fingerprint density at radius 2 is 2.17 bits per heavy atom. The van der Waals surface area contributed by atoms with Crippen molar-refractivity contribution in [1.82, 2.24) is 5.43 Å². The highest BCUT2D eigenvalue weighted by molar-refractivity contribution is 5.97. The van der Waals surface area contributed by atoms with E-state index in [-0.39, 0.29) is 5.91 Å². The number of hydrogen-bond donors (Lipinski definition) is 1. The average molecular weight is 160 g/mol. The molecule has 0 radical (unpaired) electrons. The zero-order valence-corrected chi connectivity index (χ0v) is 6.45. The topological polar surface area (TPSA) is 41.5 Å². The number of benzene rings is 1. The summed E-state index contributed by atoms with van der Waals surface area (Å²) < 4.78 is 0. The second-order valence-electron chi connectivity index (χ2n) is 2.61. The van der Waals surface area contributed by atoms with Crippen LogP contribution >= 0.6 is 0 Å². The van der Waals surface area contributed by atoms with E-state index in [1.54, 1.807) is 12.3 Å². The lowest BCUT2D eigenvalue weighted by Gasteiger charge is -2.00. The Bertz CT molecular complexity index is 344. The van der Waals surface area contributed by atoms with Gasteiger partial charge in [-0.25, -0.2) is 5.43 Å². The Hall–Kier alpha value is -1.64. The summed E-state index contributed by atoms with van der Waals surface area (Å²) in [6, 6.07) is 7.51. The van der Waals surface area contributed by atoms with Crippen molar-refractivity contribution in [3.8, 4) is 0 Å². The maximum atomic E-state index is 11.3. The van der Waals surface area contributed by atoms with Crippen LogP contribution in [0.2, 0.25) is 0 Å². The van der Waals surface area contributed by atoms with Gasteiger partial charge in [-0.1, -0.05) is 18.2 Å². The minimum atomic E-state index is -0.126. The quantitative estimate of drug-likeness (QED) is 0.603. The Morgan fingerprint density at radius 3 is 3.08 bits per heavy atom. The Kier molecular flexibility index (Phi) is 1.63. The molecule has 0 aromatic heterocycles. The maximum Gasteiger partial charge on any atom is 0.271 e. The third-order valence-corrected chi connectivity index (χ3v) is 1.83. The summed E-state index contributed by atoms with van der Waals surface area (Å²) >= 11 is 0. The maximum absolute atomic E-state index is 11.3. The van der Waals surface area contributed by atoms with Gasteiger partial charge in [0, 0.05) is 18.2 Å². The van der Waals surface area contributed by atoms with Crippen LogP contribution in [0.4, 0.5) is 0 Å². The first kappa shape index (κ1) is 7.03. The third kappa shape index (κ3) is 1.09. The number of amides is 1. The van der Waals surface area contributed by atoms with Gasteiger partial charge in [0.05, 0.1) is 0 Å². The molecule has 1 N–H and O–H groups in total. The molecule has 0 atom stereocenters. The van der Waals surface area contributed by atoms with Crippen molar-refractivity contribution in [2.45, 2.75) is 6.42 Å². The molecule has 1 aliphatic rings. The second kappa shape index (κ2) is 2.77. The molecule has 0 fully saturated rings. The Morgan fingerprint density at radius 1 is 1.33 bits per heavy atom. The number of nitrogens with zero attached hydrogens (tertiary/aromatic N) is 1. The minimum Gasteiger partial charge on any atom is -0.267 e. The summed E-state index contributed by atoms with van der Waals surface area (Å²) in [6.07, 6.45) is 2.42. The molecule has 0 unspecified atom stereocenters. The molecule has 1 aliphatic heterocycles. The van der Waals surface area contributed by atoms with Crippen molar-refractivity contribution in [2.24, 2.45) is 5.10 Å². The Balaban J connectivity index is 2.52. The summed E-state index contributed by atoms with van der Waals surface area (Å²) in [4.78, 5) is 11.3. The fourth-order valence-corrected chi connectivity index (χ4v) is 1.23. The van der Waals surface area contributed by atoms with Crippen molar-refractivity contribution < 1.29 is 4.79 Å². The van der Waals surface area contributed by atoms with Crippen molar-refractivity contribution >= 4 is 12.1 Å². The standard InChI is InChI=1S/C9H8N2O/c12-9-8-4-2-1-3-7(8)5-6-10-11-9/h1-4,6H,5H2,(H,11,12). The molecule has 3 nitrogen and oxygen atoms in total. The highest BCUT2D eigenvalue weighted by Gasteiger charge is 2.10. The summed E-state index contributed by atoms with van der Waals surface area (Å²) in [5, 5.41) is 3.74. The van der Waals surface area contributed by atoms with E-state index < -0.39 is 0 Å². The van der Waals surface area contributed by atoms with E-state index in [9.17, 15) is 4.79 Å². The molecule has 60 valence electrons. The molecular formula is C9H8N2O. The van der Waals surface area contributed by atoms with Crippen LogP contribution in [0.15, 0.2) is 29.4 Å². The summed E-state index contributed by atoms with van der Waals surface area (Å²) in [6.45, 7) is 0. The first-order valence-electron chi connectivity index (χ1n) is 3.78. The normalized spacial score (nSPS) is 14.8. The number of carbonyl (C=O) groups is 1. The van der Waals surface area contributed by atoms with Gasteiger partial charge in [0.1, 0.15) is 0 Å². The van der Waals surface area contributed by atoms with Gasteiger partial charge >= 0.3 is 0 Å². The molecule has 1 heterocycles. The fourth-order valence-electron chi connectivity index (χ4n) is 1.23. The van der Waals surface area contributed by atoms with Crippen LogP contribution in [0.3, 0.4) is 0 Å². The lowest BCUT2D eigenvalue weighted by molar-refractivity contribution is 0.0955. The lowest BCUT2D eigenvalue weighted by atomic mass is 10.1. The van der Waals surface area contributed by atoms with Gasteiger partial charge in [-0.05, 0) is 11.6 Å². The number of hydrogen-bond acceptors (Lipinski definition) is 2. The van der Waals surface area contributed by atoms with Crippen LogP contribution in [-0.4, -0.2) is 12.1 Å². The van der Waals surface area contributed by atoms with Crippen LogP contribution in [0.25, 0.3) is 0 Å². The highest BCUT2D eigenvalue weighted by Crippen LogP contribution is 2.09. The molecule has 0 saturated carbocycles. The van der Waals surface area contributed by atoms with Crippen molar-refractivity contribution in [2.75, 3.05) is 0 Å². The van der Waals surface area contributed by atoms with E-state index in [0.717, 1.165) is 17.5 Å². The molecule has 0 spiro atoms. The number of carbonyl (C=O) groups excluding carboxylic acids is 1. The van der Waals surface area contributed by atoms with Gasteiger partial charge < -0.3 is 0 Å². The summed E-state index contributed by atoms with van der Waals surface area (Å²) in [5.74, 6) is -0.126. The third-order valence-electron chi connectivity index (χ3n) is 1.83. The molecular weight excluding hydrogens is 152 g/mol. The minimum absolute atomic E-state index is 0.126. The molecule has 12 heavy (non-hydrogen) atoms. The van der Waals surface area contributed by atoms with Crippen molar-refractivity contribution in [3.05, 3.63) is 35.4 Å². The van der Waals surface area contributed by atoms with Crippen LogP contribution in [0.1, 0.15) is 15.9 Å². The fraction of sp³-hybridized carbons (Fsp3) is 0.111. The van der Waals surface area contributed by atoms with E-state index in [2.05, 4.69) is 10.5 Å². The lowest BCUT2D eigenvalue weighted by Crippen LogP contribution is -2.16. The average Bonchev–Trinajstić information content (AvgIpc) is 2.29. The van der Waals surface area contributed by atoms with E-state index >= 15 is 0 Å². The van der Waals surface area contributed by atoms with Gasteiger partial charge in [-0.3, -0.25) is 4.79 Å². The first-order valence-corrected chi connectivity index (χ1v) is 3.78. The molecule has 0 saturated heterocycles. The van der Waals surface area contributed by atoms with E-state index in [1.807, 2.05) is 18.2 Å². The van der Waals surface area contributed by atoms with E-state index in [4.69, 9.17) is 0 Å². The molecule has 1 amide bonds. The van der Waals surface area contributed by atoms with Crippen molar-refractivity contribution in [1.29, 1.82) is 0 Å². The predicted octanol–water partition coefficient (Wildman–Crippen LogP) is 0.958. The molecule has 3 heteroatoms. The SMILES string of the molecule is O=C1NN=CCc2ccccc21. The zero-order valence-electron chi connectivity index (χ0n) is 6.45. The number of fused-ring (bicyclic) bond motifs is 1. The van der Waals surface area contributed by atoms with Crippen molar-refractivity contribution in [3.63, 3.8) is 0 Å². The van der Waals surface area contributed by atoms with E-state index in [0.29, 0.717) is 0 Å². The summed E-state index contributed by atoms with van der Waals surface area (Å²) in [7, 11) is 0. The molecule has 1 aromatic rings. The van der Waals surface area contributed by atoms with Crippen LogP contribution in [0.5, 0.6) is 0 Å². The van der Waals surface area contributed by atoms with Gasteiger partial charge in [0.2, 0.25) is 0 Å². The number of hydrazone groups is 1. The zero-order chi connectivity index (χ0) is 8.39. The predicted molar refractivity (Wildman–Crippen MR) is 46.1 cm³/mol. The monoisotopic (exact) mass is 160 g/mol. The summed E-state index contributed by atoms with van der Waals surface area (Å²) in [5.41, 5.74) is 4.17. The van der Waals surface area contributed by atoms with Gasteiger partial charge in [-0.15, -0.1) is 0 Å². The molecule has 1 aromatic carbocycles. The highest BCUT2D eigenvalue weighted by atomic mass is 16.2. The Labute approximate surface area is 70.1 Å². The van der Waals surface area contributed by atoms with E-state index in [1.165, 1.54) is 0 Å². The van der Waals surface area contributed by atoms with Crippen LogP contribution in [-0.2, 0) is 6.42 Å². The molecule has 0 bridgehead atoms. The smallest absolute Gasteiger partial charge is 0.267 e. The van der Waals surface area contributed by atoms with Crippen LogP contribution in [0, 0.1) is 0 Å². The molecule has 0 aliphatic carbocycles. The first-order chi connectivity index (χ1) is 5.88. The number of rotatable bonds is 0. The van der Waals surface area contributed by atoms with Gasteiger partial charge in [0.25, 0.3) is 5.91 Å². The second-order valence-corrected chi connectivity index (χ2v) is 2.61. The van der Waals surface area contributed by atoms with Crippen LogP contribution < -0.4 is 5.43 Å². The molecule has 2 rings (SSSR count). The van der Waals surface area contributed by atoms with Gasteiger partial charge in [0.15, 0.2) is 0 Å². The largest absolute Gasteiger partial charge is 0.271 e. The number of nitrogens with one attached hydrogen (secondary N) is 1. The van der Waals surface area contributed by atoms with Gasteiger partial charge in [-0.2, -0.15) is 5.10 Å².